The van der Waals surface area contributed by atoms with Gasteiger partial charge >= 0.3 is 5.97 Å². The van der Waals surface area contributed by atoms with Crippen LogP contribution in [0.4, 0.5) is 0 Å². The lowest BCUT2D eigenvalue weighted by Crippen LogP contribution is -2.47. The highest BCUT2D eigenvalue weighted by Crippen LogP contribution is 2.24. The molecule has 5 heteroatoms. The van der Waals surface area contributed by atoms with Crippen molar-refractivity contribution >= 4 is 23.2 Å². The summed E-state index contributed by atoms with van der Waals surface area (Å²) < 4.78 is 0. The summed E-state index contributed by atoms with van der Waals surface area (Å²) in [5, 5.41) is 9.11. The van der Waals surface area contributed by atoms with E-state index in [9.17, 15) is 9.59 Å². The standard InChI is InChI=1S/C16H23NO3S/c1-11-6-8-13(16(19)20)10-17(11)15(18)5-3-4-14-9-7-12(2)21-14/h7,9,11,13H,3-6,8,10H2,1-2H3,(H,19,20). The Morgan fingerprint density at radius 2 is 2.14 bits per heavy atom. The van der Waals surface area contributed by atoms with E-state index >= 15 is 0 Å². The third kappa shape index (κ3) is 4.30. The van der Waals surface area contributed by atoms with Crippen LogP contribution in [0, 0.1) is 12.8 Å². The van der Waals surface area contributed by atoms with Crippen molar-refractivity contribution in [1.29, 1.82) is 0 Å². The Hall–Kier alpha value is -1.36. The molecule has 1 saturated heterocycles. The Balaban J connectivity index is 1.82. The van der Waals surface area contributed by atoms with Crippen LogP contribution in [0.5, 0.6) is 0 Å². The van der Waals surface area contributed by atoms with Crippen molar-refractivity contribution in [2.45, 2.75) is 52.0 Å². The Kier molecular flexibility index (Phi) is 5.39. The van der Waals surface area contributed by atoms with Gasteiger partial charge in [-0.05, 0) is 51.7 Å². The van der Waals surface area contributed by atoms with Crippen LogP contribution in [-0.2, 0) is 16.0 Å². The van der Waals surface area contributed by atoms with E-state index in [0.717, 1.165) is 19.3 Å². The molecule has 1 aliphatic heterocycles. The molecule has 2 atom stereocenters. The van der Waals surface area contributed by atoms with Gasteiger partial charge in [0.25, 0.3) is 0 Å². The number of hydrogen-bond donors (Lipinski definition) is 1. The number of carboxylic acid groups (broad SMARTS) is 1. The first kappa shape index (κ1) is 16.0. The fourth-order valence-corrected chi connectivity index (χ4v) is 3.77. The summed E-state index contributed by atoms with van der Waals surface area (Å²) >= 11 is 1.78. The molecule has 2 heterocycles. The second-order valence-electron chi connectivity index (χ2n) is 5.87. The number of aryl methyl sites for hydroxylation is 2. The van der Waals surface area contributed by atoms with Crippen LogP contribution in [0.2, 0.25) is 0 Å². The lowest BCUT2D eigenvalue weighted by Gasteiger charge is -2.36. The maximum atomic E-state index is 12.3. The van der Waals surface area contributed by atoms with Gasteiger partial charge in [0.1, 0.15) is 0 Å². The van der Waals surface area contributed by atoms with Crippen LogP contribution >= 0.6 is 11.3 Å². The minimum Gasteiger partial charge on any atom is -0.481 e. The number of hydrogen-bond acceptors (Lipinski definition) is 3. The number of carboxylic acids is 1. The topological polar surface area (TPSA) is 57.6 Å². The van der Waals surface area contributed by atoms with Crippen molar-refractivity contribution in [3.05, 3.63) is 21.9 Å². The van der Waals surface area contributed by atoms with E-state index in [2.05, 4.69) is 19.1 Å². The Labute approximate surface area is 129 Å². The molecule has 0 aromatic carbocycles. The van der Waals surface area contributed by atoms with Gasteiger partial charge < -0.3 is 10.0 Å². The molecule has 1 aromatic rings. The SMILES string of the molecule is Cc1ccc(CCCC(=O)N2CC(C(=O)O)CCC2C)s1. The van der Waals surface area contributed by atoms with E-state index in [1.807, 2.05) is 6.92 Å². The Morgan fingerprint density at radius 3 is 2.76 bits per heavy atom. The van der Waals surface area contributed by atoms with E-state index in [1.54, 1.807) is 16.2 Å². The average Bonchev–Trinajstić information content (AvgIpc) is 2.84. The highest BCUT2D eigenvalue weighted by Gasteiger charge is 2.32. The molecule has 1 aromatic heterocycles. The zero-order valence-electron chi connectivity index (χ0n) is 12.7. The van der Waals surface area contributed by atoms with E-state index in [-0.39, 0.29) is 11.9 Å². The number of nitrogens with zero attached hydrogens (tertiary/aromatic N) is 1. The van der Waals surface area contributed by atoms with Gasteiger partial charge in [0.15, 0.2) is 0 Å². The van der Waals surface area contributed by atoms with Crippen LogP contribution in [0.1, 0.15) is 42.4 Å². The molecule has 21 heavy (non-hydrogen) atoms. The van der Waals surface area contributed by atoms with Gasteiger partial charge in [-0.15, -0.1) is 11.3 Å². The van der Waals surface area contributed by atoms with Crippen molar-refractivity contribution in [1.82, 2.24) is 4.90 Å². The lowest BCUT2D eigenvalue weighted by atomic mass is 9.93. The summed E-state index contributed by atoms with van der Waals surface area (Å²) in [6.07, 6.45) is 3.73. The van der Waals surface area contributed by atoms with E-state index in [0.29, 0.717) is 19.4 Å². The largest absolute Gasteiger partial charge is 0.481 e. The monoisotopic (exact) mass is 309 g/mol. The smallest absolute Gasteiger partial charge is 0.308 e. The van der Waals surface area contributed by atoms with Gasteiger partial charge in [0, 0.05) is 28.8 Å². The van der Waals surface area contributed by atoms with E-state index in [4.69, 9.17) is 5.11 Å². The summed E-state index contributed by atoms with van der Waals surface area (Å²) in [5.41, 5.74) is 0. The molecule has 1 aliphatic rings. The molecule has 2 unspecified atom stereocenters. The van der Waals surface area contributed by atoms with Crippen LogP contribution in [0.25, 0.3) is 0 Å². The van der Waals surface area contributed by atoms with Gasteiger partial charge in [0.05, 0.1) is 5.92 Å². The molecule has 2 rings (SSSR count). The number of rotatable bonds is 5. The number of carbonyl (C=O) groups excluding carboxylic acids is 1. The molecule has 1 fully saturated rings. The number of carbonyl (C=O) groups is 2. The molecule has 116 valence electrons. The molecule has 4 nitrogen and oxygen atoms in total. The summed E-state index contributed by atoms with van der Waals surface area (Å²) in [7, 11) is 0. The molecule has 0 radical (unpaired) electrons. The molecule has 0 spiro atoms. The Morgan fingerprint density at radius 1 is 1.38 bits per heavy atom. The van der Waals surface area contributed by atoms with Crippen molar-refractivity contribution in [3.63, 3.8) is 0 Å². The third-order valence-corrected chi connectivity index (χ3v) is 5.22. The van der Waals surface area contributed by atoms with Crippen molar-refractivity contribution in [2.75, 3.05) is 6.54 Å². The average molecular weight is 309 g/mol. The number of thiophene rings is 1. The quantitative estimate of drug-likeness (QED) is 0.909. The lowest BCUT2D eigenvalue weighted by molar-refractivity contribution is -0.147. The predicted molar refractivity (Wildman–Crippen MR) is 83.5 cm³/mol. The zero-order chi connectivity index (χ0) is 15.4. The van der Waals surface area contributed by atoms with E-state index in [1.165, 1.54) is 9.75 Å². The van der Waals surface area contributed by atoms with Crippen LogP contribution < -0.4 is 0 Å². The van der Waals surface area contributed by atoms with Crippen molar-refractivity contribution < 1.29 is 14.7 Å². The molecule has 1 N–H and O–H groups in total. The second-order valence-corrected chi connectivity index (χ2v) is 7.25. The number of likely N-dealkylation sites (tertiary alicyclic amines) is 1. The van der Waals surface area contributed by atoms with E-state index < -0.39 is 11.9 Å². The number of piperidine rings is 1. The molecule has 0 saturated carbocycles. The van der Waals surface area contributed by atoms with Gasteiger partial charge in [0.2, 0.25) is 5.91 Å². The Bertz CT molecular complexity index is 511. The van der Waals surface area contributed by atoms with Gasteiger partial charge in [-0.3, -0.25) is 9.59 Å². The maximum absolute atomic E-state index is 12.3. The first-order chi connectivity index (χ1) is 9.97. The molecule has 1 amide bonds. The minimum absolute atomic E-state index is 0.0988. The first-order valence-corrected chi connectivity index (χ1v) is 8.36. The van der Waals surface area contributed by atoms with Crippen LogP contribution in [0.15, 0.2) is 12.1 Å². The fourth-order valence-electron chi connectivity index (χ4n) is 2.83. The number of amides is 1. The van der Waals surface area contributed by atoms with Gasteiger partial charge in [-0.2, -0.15) is 0 Å². The normalized spacial score (nSPS) is 22.3. The van der Waals surface area contributed by atoms with Crippen LogP contribution in [-0.4, -0.2) is 34.5 Å². The maximum Gasteiger partial charge on any atom is 0.308 e. The summed E-state index contributed by atoms with van der Waals surface area (Å²) in [6.45, 7) is 4.47. The fraction of sp³-hybridized carbons (Fsp3) is 0.625. The third-order valence-electron chi connectivity index (χ3n) is 4.16. The molecular formula is C16H23NO3S. The zero-order valence-corrected chi connectivity index (χ0v) is 13.5. The molecule has 0 aliphatic carbocycles. The summed E-state index contributed by atoms with van der Waals surface area (Å²) in [4.78, 5) is 27.8. The van der Waals surface area contributed by atoms with Gasteiger partial charge in [-0.25, -0.2) is 0 Å². The van der Waals surface area contributed by atoms with Crippen LogP contribution in [0.3, 0.4) is 0 Å². The molecular weight excluding hydrogens is 286 g/mol. The second kappa shape index (κ2) is 7.07. The summed E-state index contributed by atoms with van der Waals surface area (Å²) in [5.74, 6) is -1.08. The first-order valence-electron chi connectivity index (χ1n) is 7.55. The predicted octanol–water partition coefficient (Wildman–Crippen LogP) is 3.09. The summed E-state index contributed by atoms with van der Waals surface area (Å²) in [6, 6.07) is 4.39. The van der Waals surface area contributed by atoms with Crippen molar-refractivity contribution in [2.24, 2.45) is 5.92 Å². The van der Waals surface area contributed by atoms with Crippen molar-refractivity contribution in [3.8, 4) is 0 Å². The highest BCUT2D eigenvalue weighted by molar-refractivity contribution is 7.11. The highest BCUT2D eigenvalue weighted by atomic mass is 32.1. The van der Waals surface area contributed by atoms with Gasteiger partial charge in [-0.1, -0.05) is 0 Å². The number of aliphatic carboxylic acids is 1. The molecule has 0 bridgehead atoms. The minimum atomic E-state index is -0.784.